The van der Waals surface area contributed by atoms with Crippen molar-refractivity contribution in [2.24, 2.45) is 0 Å². The minimum Gasteiger partial charge on any atom is -0.494 e. The highest BCUT2D eigenvalue weighted by Crippen LogP contribution is 2.40. The van der Waals surface area contributed by atoms with E-state index in [0.717, 1.165) is 31.4 Å². The van der Waals surface area contributed by atoms with Crippen molar-refractivity contribution in [2.45, 2.75) is 25.4 Å². The molecule has 2 atom stereocenters. The number of aromatic nitrogens is 2. The van der Waals surface area contributed by atoms with E-state index in [1.165, 1.54) is 29.6 Å². The van der Waals surface area contributed by atoms with Crippen LogP contribution in [0.4, 0.5) is 37.5 Å². The number of ether oxygens (including phenoxy) is 1. The van der Waals surface area contributed by atoms with Crippen molar-refractivity contribution in [2.75, 3.05) is 61.0 Å². The molecule has 0 saturated carbocycles. The molecule has 1 aromatic heterocycles. The van der Waals surface area contributed by atoms with E-state index in [-0.39, 0.29) is 11.5 Å². The molecule has 2 aromatic carbocycles. The fourth-order valence-electron chi connectivity index (χ4n) is 5.08. The van der Waals surface area contributed by atoms with Crippen LogP contribution >= 0.6 is 0 Å². The normalized spacial score (nSPS) is 19.2. The fraction of sp³-hybridized carbons (Fsp3) is 0.345. The van der Waals surface area contributed by atoms with Crippen molar-refractivity contribution in [1.82, 2.24) is 14.9 Å². The number of nitrogens with one attached hydrogen (secondary N) is 2. The number of halogens is 2. The fourth-order valence-corrected chi connectivity index (χ4v) is 5.08. The predicted octanol–water partition coefficient (Wildman–Crippen LogP) is 4.65. The third-order valence-electron chi connectivity index (χ3n) is 7.45. The quantitative estimate of drug-likeness (QED) is 0.379. The third-order valence-corrected chi connectivity index (χ3v) is 7.45. The number of piperazine rings is 1. The molecule has 2 aliphatic rings. The number of anilines is 5. The average molecular weight is 566 g/mol. The Bertz CT molecular complexity index is 1440. The summed E-state index contributed by atoms with van der Waals surface area (Å²) in [5.41, 5.74) is 2.16. The molecule has 41 heavy (non-hydrogen) atoms. The summed E-state index contributed by atoms with van der Waals surface area (Å²) in [6.45, 7) is 8.50. The highest BCUT2D eigenvalue weighted by atomic mass is 19.2. The Morgan fingerprint density at radius 2 is 2.02 bits per heavy atom. The summed E-state index contributed by atoms with van der Waals surface area (Å²) in [6.07, 6.45) is 3.03. The van der Waals surface area contributed by atoms with Crippen molar-refractivity contribution < 1.29 is 23.1 Å². The van der Waals surface area contributed by atoms with Crippen molar-refractivity contribution in [3.8, 4) is 5.75 Å². The second-order valence-corrected chi connectivity index (χ2v) is 10.0. The summed E-state index contributed by atoms with van der Waals surface area (Å²) in [6, 6.07) is 9.18. The highest BCUT2D eigenvalue weighted by Gasteiger charge is 2.32. The first kappa shape index (κ1) is 28.2. The maximum Gasteiger partial charge on any atom is 0.247 e. The molecule has 2 saturated heterocycles. The van der Waals surface area contributed by atoms with Crippen molar-refractivity contribution in [3.63, 3.8) is 0 Å². The molecule has 5 rings (SSSR count). The minimum atomic E-state index is -0.916. The first-order valence-electron chi connectivity index (χ1n) is 13.3. The molecule has 3 aromatic rings. The molecule has 0 spiro atoms. The molecule has 2 N–H and O–H groups in total. The second kappa shape index (κ2) is 12.1. The lowest BCUT2D eigenvalue weighted by molar-refractivity contribution is -0.111. The summed E-state index contributed by atoms with van der Waals surface area (Å²) < 4.78 is 34.3. The first-order chi connectivity index (χ1) is 19.8. The molecule has 1 amide bonds. The van der Waals surface area contributed by atoms with Crippen LogP contribution in [0.3, 0.4) is 0 Å². The predicted molar refractivity (Wildman–Crippen MR) is 154 cm³/mol. The molecule has 10 nitrogen and oxygen atoms in total. The van der Waals surface area contributed by atoms with Gasteiger partial charge in [0.15, 0.2) is 17.5 Å². The Labute approximate surface area is 237 Å². The van der Waals surface area contributed by atoms with E-state index >= 15 is 0 Å². The van der Waals surface area contributed by atoms with Gasteiger partial charge in [0, 0.05) is 49.8 Å². The molecule has 216 valence electrons. The molecular weight excluding hydrogens is 532 g/mol. The Morgan fingerprint density at radius 3 is 2.78 bits per heavy atom. The van der Waals surface area contributed by atoms with Gasteiger partial charge in [-0.2, -0.15) is 0 Å². The van der Waals surface area contributed by atoms with Gasteiger partial charge in [0.05, 0.1) is 36.8 Å². The molecule has 0 radical (unpaired) electrons. The lowest BCUT2D eigenvalue weighted by atomic mass is 10.0. The van der Waals surface area contributed by atoms with Crippen molar-refractivity contribution in [1.29, 1.82) is 0 Å². The van der Waals surface area contributed by atoms with Gasteiger partial charge in [-0.15, -0.1) is 0 Å². The van der Waals surface area contributed by atoms with Crippen LogP contribution < -0.4 is 25.3 Å². The van der Waals surface area contributed by atoms with Crippen LogP contribution in [0.5, 0.6) is 5.75 Å². The molecule has 3 heterocycles. The van der Waals surface area contributed by atoms with Crippen LogP contribution in [0.2, 0.25) is 0 Å². The van der Waals surface area contributed by atoms with E-state index in [0.29, 0.717) is 47.8 Å². The van der Waals surface area contributed by atoms with Gasteiger partial charge in [0.2, 0.25) is 5.91 Å². The number of hydroxylamine groups is 1. The lowest BCUT2D eigenvalue weighted by Crippen LogP contribution is -2.50. The maximum absolute atomic E-state index is 14.6. The van der Waals surface area contributed by atoms with Gasteiger partial charge in [-0.25, -0.2) is 23.8 Å². The first-order valence-corrected chi connectivity index (χ1v) is 13.3. The SMILES string of the molecule is C=CC(=O)Nc1cc(Nc2cc(N3OCCC3c3cccc(F)c3F)ncn2)c(OC)cc1N1CCN(C)C(C)C1. The van der Waals surface area contributed by atoms with Gasteiger partial charge >= 0.3 is 0 Å². The Morgan fingerprint density at radius 1 is 1.20 bits per heavy atom. The van der Waals surface area contributed by atoms with E-state index in [1.54, 1.807) is 19.2 Å². The van der Waals surface area contributed by atoms with Gasteiger partial charge in [-0.3, -0.25) is 9.63 Å². The number of likely N-dealkylation sites (N-methyl/N-ethyl adjacent to an activating group) is 1. The lowest BCUT2D eigenvalue weighted by Gasteiger charge is -2.39. The van der Waals surface area contributed by atoms with Gasteiger partial charge in [-0.05, 0) is 32.2 Å². The van der Waals surface area contributed by atoms with Gasteiger partial charge < -0.3 is 25.2 Å². The summed E-state index contributed by atoms with van der Waals surface area (Å²) in [7, 11) is 3.66. The number of amides is 1. The third kappa shape index (κ3) is 5.93. The standard InChI is InChI=1S/C29H33F2N7O3/c1-5-28(39)35-21-13-22(25(40-4)14-24(21)37-11-10-36(3)18(2)16-37)34-26-15-27(33-17-32-26)38-23(9-12-41-38)19-7-6-8-20(30)29(19)31/h5-8,13-15,17-18,23H,1,9-12,16H2,2-4H3,(H,35,39)(H,32,33,34). The smallest absolute Gasteiger partial charge is 0.247 e. The molecule has 12 heteroatoms. The molecule has 2 fully saturated rings. The number of carbonyl (C=O) groups excluding carboxylic acids is 1. The number of hydrogen-bond acceptors (Lipinski definition) is 9. The van der Waals surface area contributed by atoms with Gasteiger partial charge in [0.1, 0.15) is 17.9 Å². The molecule has 2 unspecified atom stereocenters. The largest absolute Gasteiger partial charge is 0.494 e. The maximum atomic E-state index is 14.6. The average Bonchev–Trinajstić information content (AvgIpc) is 3.46. The highest BCUT2D eigenvalue weighted by molar-refractivity contribution is 6.02. The zero-order valence-electron chi connectivity index (χ0n) is 23.2. The van der Waals surface area contributed by atoms with E-state index in [9.17, 15) is 13.6 Å². The number of benzene rings is 2. The summed E-state index contributed by atoms with van der Waals surface area (Å²) in [5, 5.41) is 7.63. The van der Waals surface area contributed by atoms with Crippen molar-refractivity contribution in [3.05, 3.63) is 72.6 Å². The molecule has 0 aliphatic carbocycles. The summed E-state index contributed by atoms with van der Waals surface area (Å²) >= 11 is 0. The number of methoxy groups -OCH3 is 1. The Balaban J connectivity index is 1.45. The van der Waals surface area contributed by atoms with Crippen LogP contribution in [0, 0.1) is 11.6 Å². The molecule has 0 bridgehead atoms. The van der Waals surface area contributed by atoms with E-state index in [2.05, 4.69) is 51.0 Å². The topological polar surface area (TPSA) is 95.1 Å². The molecular formula is C29H33F2N7O3. The van der Waals surface area contributed by atoms with Gasteiger partial charge in [0.25, 0.3) is 0 Å². The number of carbonyl (C=O) groups is 1. The van der Waals surface area contributed by atoms with E-state index in [4.69, 9.17) is 9.57 Å². The summed E-state index contributed by atoms with van der Waals surface area (Å²) in [5.74, 6) is -0.842. The zero-order chi connectivity index (χ0) is 29.1. The van der Waals surface area contributed by atoms with Crippen LogP contribution in [-0.4, -0.2) is 67.2 Å². The van der Waals surface area contributed by atoms with Crippen LogP contribution in [0.1, 0.15) is 24.9 Å². The molecule has 2 aliphatic heterocycles. The van der Waals surface area contributed by atoms with Gasteiger partial charge in [-0.1, -0.05) is 18.7 Å². The summed E-state index contributed by atoms with van der Waals surface area (Å²) in [4.78, 5) is 31.3. The number of rotatable bonds is 8. The van der Waals surface area contributed by atoms with E-state index < -0.39 is 17.7 Å². The Kier molecular flexibility index (Phi) is 8.31. The zero-order valence-corrected chi connectivity index (χ0v) is 23.2. The van der Waals surface area contributed by atoms with Crippen molar-refractivity contribution >= 4 is 34.6 Å². The number of hydrogen-bond donors (Lipinski definition) is 2. The second-order valence-electron chi connectivity index (χ2n) is 10.0. The minimum absolute atomic E-state index is 0.189. The van der Waals surface area contributed by atoms with E-state index in [1.807, 2.05) is 6.07 Å². The van der Waals surface area contributed by atoms with Crippen LogP contribution in [-0.2, 0) is 9.63 Å². The van der Waals surface area contributed by atoms with Crippen LogP contribution in [0.15, 0.2) is 55.4 Å². The Hall–Kier alpha value is -4.29. The monoisotopic (exact) mass is 565 g/mol. The number of nitrogens with zero attached hydrogens (tertiary/aromatic N) is 5. The van der Waals surface area contributed by atoms with Crippen LogP contribution in [0.25, 0.3) is 0 Å².